The minimum atomic E-state index is -1.21. The van der Waals surface area contributed by atoms with Crippen molar-refractivity contribution in [2.45, 2.75) is 13.3 Å². The minimum absolute atomic E-state index is 0.108. The number of carbonyl (C=O) groups excluding carboxylic acids is 1. The summed E-state index contributed by atoms with van der Waals surface area (Å²) in [7, 11) is 1.65. The Hall–Kier alpha value is -3.40. The van der Waals surface area contributed by atoms with Gasteiger partial charge in [-0.3, -0.25) is 9.69 Å². The number of benzene rings is 3. The first-order valence-electron chi connectivity index (χ1n) is 11.7. The normalized spacial score (nSPS) is 16.1. The number of para-hydroxylation sites is 1. The van der Waals surface area contributed by atoms with Gasteiger partial charge in [-0.15, -0.1) is 0 Å². The van der Waals surface area contributed by atoms with Crippen LogP contribution in [0.25, 0.3) is 21.9 Å². The average molecular weight is 458 g/mol. The Bertz CT molecular complexity index is 1210. The summed E-state index contributed by atoms with van der Waals surface area (Å²) in [6.07, 6.45) is 0.300. The number of nitrogens with zero attached hydrogens (tertiary/aromatic N) is 3. The van der Waals surface area contributed by atoms with Gasteiger partial charge in [-0.1, -0.05) is 54.6 Å². The van der Waals surface area contributed by atoms with Gasteiger partial charge in [0.25, 0.3) is 0 Å². The van der Waals surface area contributed by atoms with Crippen molar-refractivity contribution in [2.24, 2.45) is 5.41 Å². The molecule has 1 N–H and O–H groups in total. The van der Waals surface area contributed by atoms with Crippen molar-refractivity contribution in [3.05, 3.63) is 66.2 Å². The Balaban J connectivity index is 1.74. The number of hydrogen-bond acceptors (Lipinski definition) is 5. The van der Waals surface area contributed by atoms with Crippen LogP contribution in [0, 0.1) is 16.7 Å². The number of ether oxygens (including phenoxy) is 1. The second kappa shape index (κ2) is 10.3. The molecule has 0 saturated carbocycles. The van der Waals surface area contributed by atoms with E-state index in [0.29, 0.717) is 39.1 Å². The van der Waals surface area contributed by atoms with Crippen LogP contribution in [0.15, 0.2) is 60.7 Å². The van der Waals surface area contributed by atoms with Gasteiger partial charge in [0.15, 0.2) is 0 Å². The van der Waals surface area contributed by atoms with Gasteiger partial charge in [0, 0.05) is 44.7 Å². The van der Waals surface area contributed by atoms with E-state index >= 15 is 0 Å². The molecule has 1 atom stereocenters. The smallest absolute Gasteiger partial charge is 0.243 e. The van der Waals surface area contributed by atoms with Crippen molar-refractivity contribution in [1.29, 1.82) is 5.26 Å². The average Bonchev–Trinajstić information content (AvgIpc) is 2.89. The fraction of sp³-hybridized carbons (Fsp3) is 0.357. The molecule has 6 heteroatoms. The highest BCUT2D eigenvalue weighted by atomic mass is 16.5. The van der Waals surface area contributed by atoms with Gasteiger partial charge in [0.2, 0.25) is 5.91 Å². The molecular formula is C28H31N3O3. The summed E-state index contributed by atoms with van der Waals surface area (Å²) in [6.45, 7) is 4.99. The lowest BCUT2D eigenvalue weighted by Gasteiger charge is -2.37. The topological polar surface area (TPSA) is 76.8 Å². The number of amides is 1. The fourth-order valence-corrected chi connectivity index (χ4v) is 4.83. The lowest BCUT2D eigenvalue weighted by atomic mass is 9.79. The molecule has 34 heavy (non-hydrogen) atoms. The van der Waals surface area contributed by atoms with E-state index in [1.807, 2.05) is 36.4 Å². The van der Waals surface area contributed by atoms with Gasteiger partial charge >= 0.3 is 0 Å². The molecule has 1 saturated heterocycles. The predicted octanol–water partition coefficient (Wildman–Crippen LogP) is 3.72. The fourth-order valence-electron chi connectivity index (χ4n) is 4.83. The maximum absolute atomic E-state index is 13.6. The number of aliphatic hydroxyl groups is 1. The second-order valence-corrected chi connectivity index (χ2v) is 8.99. The standard InChI is InChI=1S/C28H31N3O3/c1-28(20-29,27(33)31-15-13-30(14-16-31)17-18-32)19-25-22-8-4-3-7-21(22)11-12-23(25)24-9-5-6-10-26(24)34-2/h3-12,32H,13-19H2,1-2H3. The lowest BCUT2D eigenvalue weighted by molar-refractivity contribution is -0.140. The van der Waals surface area contributed by atoms with Crippen LogP contribution in [-0.2, 0) is 11.2 Å². The van der Waals surface area contributed by atoms with Crippen molar-refractivity contribution in [1.82, 2.24) is 9.80 Å². The second-order valence-electron chi connectivity index (χ2n) is 8.99. The first-order valence-corrected chi connectivity index (χ1v) is 11.7. The lowest BCUT2D eigenvalue weighted by Crippen LogP contribution is -2.53. The first-order chi connectivity index (χ1) is 16.5. The van der Waals surface area contributed by atoms with Crippen LogP contribution in [0.1, 0.15) is 12.5 Å². The van der Waals surface area contributed by atoms with Gasteiger partial charge in [-0.05, 0) is 34.9 Å². The Kier molecular flexibility index (Phi) is 7.16. The van der Waals surface area contributed by atoms with Crippen LogP contribution in [-0.4, -0.2) is 67.3 Å². The third-order valence-corrected chi connectivity index (χ3v) is 6.76. The van der Waals surface area contributed by atoms with Crippen LogP contribution < -0.4 is 4.74 Å². The number of methoxy groups -OCH3 is 1. The number of carbonyl (C=O) groups is 1. The summed E-state index contributed by atoms with van der Waals surface area (Å²) in [6, 6.07) is 22.4. The van der Waals surface area contributed by atoms with Gasteiger partial charge in [-0.2, -0.15) is 5.26 Å². The maximum atomic E-state index is 13.6. The van der Waals surface area contributed by atoms with E-state index < -0.39 is 5.41 Å². The molecule has 0 bridgehead atoms. The Labute approximate surface area is 201 Å². The number of fused-ring (bicyclic) bond motifs is 1. The first kappa shape index (κ1) is 23.7. The van der Waals surface area contributed by atoms with E-state index in [4.69, 9.17) is 4.74 Å². The number of hydrogen-bond donors (Lipinski definition) is 1. The maximum Gasteiger partial charge on any atom is 0.243 e. The molecule has 176 valence electrons. The quantitative estimate of drug-likeness (QED) is 0.585. The van der Waals surface area contributed by atoms with Crippen molar-refractivity contribution >= 4 is 16.7 Å². The van der Waals surface area contributed by atoms with Crippen molar-refractivity contribution in [3.8, 4) is 22.9 Å². The predicted molar refractivity (Wildman–Crippen MR) is 133 cm³/mol. The number of aliphatic hydroxyl groups excluding tert-OH is 1. The molecule has 4 rings (SSSR count). The molecule has 1 aliphatic heterocycles. The zero-order valence-electron chi connectivity index (χ0n) is 19.8. The molecule has 0 spiro atoms. The summed E-state index contributed by atoms with van der Waals surface area (Å²) in [5.41, 5.74) is 1.67. The van der Waals surface area contributed by atoms with Crippen LogP contribution in [0.3, 0.4) is 0 Å². The molecule has 0 radical (unpaired) electrons. The molecule has 1 fully saturated rings. The highest BCUT2D eigenvalue weighted by Gasteiger charge is 2.39. The van der Waals surface area contributed by atoms with Crippen molar-refractivity contribution < 1.29 is 14.6 Å². The number of nitriles is 1. The van der Waals surface area contributed by atoms with E-state index in [1.165, 1.54) is 0 Å². The molecule has 3 aromatic rings. The molecule has 0 aromatic heterocycles. The molecule has 1 heterocycles. The van der Waals surface area contributed by atoms with Crippen LogP contribution in [0.4, 0.5) is 0 Å². The van der Waals surface area contributed by atoms with Gasteiger partial charge in [-0.25, -0.2) is 0 Å². The van der Waals surface area contributed by atoms with E-state index in [-0.39, 0.29) is 12.5 Å². The van der Waals surface area contributed by atoms with Crippen molar-refractivity contribution in [2.75, 3.05) is 46.4 Å². The zero-order valence-corrected chi connectivity index (χ0v) is 19.8. The summed E-state index contributed by atoms with van der Waals surface area (Å²) < 4.78 is 5.63. The largest absolute Gasteiger partial charge is 0.496 e. The summed E-state index contributed by atoms with van der Waals surface area (Å²) in [5.74, 6) is 0.613. The van der Waals surface area contributed by atoms with Gasteiger partial charge < -0.3 is 14.7 Å². The minimum Gasteiger partial charge on any atom is -0.496 e. The molecule has 1 aliphatic rings. The Morgan fingerprint density at radius 2 is 1.74 bits per heavy atom. The van der Waals surface area contributed by atoms with E-state index in [9.17, 15) is 15.2 Å². The van der Waals surface area contributed by atoms with Crippen LogP contribution in [0.2, 0.25) is 0 Å². The van der Waals surface area contributed by atoms with E-state index in [1.54, 1.807) is 18.9 Å². The monoisotopic (exact) mass is 457 g/mol. The number of β-amino-alcohol motifs (C(OH)–C–C–N with tert-alkyl or cyclic N) is 1. The molecule has 1 unspecified atom stereocenters. The molecule has 0 aliphatic carbocycles. The highest BCUT2D eigenvalue weighted by Crippen LogP contribution is 2.39. The summed E-state index contributed by atoms with van der Waals surface area (Å²) in [4.78, 5) is 17.6. The van der Waals surface area contributed by atoms with Gasteiger partial charge in [0.1, 0.15) is 11.2 Å². The Morgan fingerprint density at radius 3 is 2.44 bits per heavy atom. The van der Waals surface area contributed by atoms with Crippen LogP contribution in [0.5, 0.6) is 5.75 Å². The summed E-state index contributed by atoms with van der Waals surface area (Å²) in [5, 5.41) is 21.6. The third-order valence-electron chi connectivity index (χ3n) is 6.76. The third kappa shape index (κ3) is 4.63. The SMILES string of the molecule is COc1ccccc1-c1ccc2ccccc2c1CC(C)(C#N)C(=O)N1CCN(CCO)CC1. The van der Waals surface area contributed by atoms with E-state index in [2.05, 4.69) is 35.2 Å². The zero-order chi connectivity index (χ0) is 24.1. The van der Waals surface area contributed by atoms with Crippen LogP contribution >= 0.6 is 0 Å². The van der Waals surface area contributed by atoms with Gasteiger partial charge in [0.05, 0.1) is 19.8 Å². The highest BCUT2D eigenvalue weighted by molar-refractivity contribution is 5.94. The molecule has 3 aromatic carbocycles. The Morgan fingerprint density at radius 1 is 1.03 bits per heavy atom. The number of piperazine rings is 1. The number of rotatable bonds is 7. The van der Waals surface area contributed by atoms with Crippen molar-refractivity contribution in [3.63, 3.8) is 0 Å². The summed E-state index contributed by atoms with van der Waals surface area (Å²) >= 11 is 0. The molecule has 6 nitrogen and oxygen atoms in total. The molecular weight excluding hydrogens is 426 g/mol. The van der Waals surface area contributed by atoms with E-state index in [0.717, 1.165) is 33.2 Å². The molecule has 1 amide bonds.